The average Bonchev–Trinajstić information content (AvgIpc) is 2.29. The van der Waals surface area contributed by atoms with Gasteiger partial charge in [-0.25, -0.2) is 0 Å². The summed E-state index contributed by atoms with van der Waals surface area (Å²) in [5, 5.41) is 4.61. The van der Waals surface area contributed by atoms with Gasteiger partial charge in [0.05, 0.1) is 16.9 Å². The fourth-order valence-electron chi connectivity index (χ4n) is 0.764. The minimum Gasteiger partial charge on any atom is -0.267 e. The highest BCUT2D eigenvalue weighted by molar-refractivity contribution is 6.31. The van der Waals surface area contributed by atoms with Gasteiger partial charge in [-0.1, -0.05) is 17.7 Å². The number of nitrogens with zero attached hydrogens (tertiary/aromatic N) is 2. The third-order valence-corrected chi connectivity index (χ3v) is 1.77. The maximum absolute atomic E-state index is 5.80. The van der Waals surface area contributed by atoms with Crippen LogP contribution in [-0.2, 0) is 7.05 Å². The Balaban J connectivity index is 2.92. The van der Waals surface area contributed by atoms with Crippen molar-refractivity contribution < 1.29 is 0 Å². The fourth-order valence-corrected chi connectivity index (χ4v) is 1.08. The molecule has 0 saturated heterocycles. The molecule has 0 radical (unpaired) electrons. The molecule has 0 N–H and O–H groups in total. The monoisotopic (exact) mass is 190 g/mol. The van der Waals surface area contributed by atoms with Gasteiger partial charge >= 0.3 is 0 Å². The van der Waals surface area contributed by atoms with Crippen molar-refractivity contribution in [1.29, 1.82) is 0 Å². The van der Waals surface area contributed by atoms with Crippen molar-refractivity contribution in [3.8, 4) is 0 Å². The summed E-state index contributed by atoms with van der Waals surface area (Å²) in [7, 11) is 1.83. The van der Waals surface area contributed by atoms with Crippen LogP contribution in [0, 0.1) is 0 Å². The molecular weight excluding hydrogens is 183 g/mol. The summed E-state index contributed by atoms with van der Waals surface area (Å²) in [6.45, 7) is 0. The second kappa shape index (κ2) is 3.79. The molecule has 1 heterocycles. The summed E-state index contributed by atoms with van der Waals surface area (Å²) < 4.78 is 1.70. The zero-order chi connectivity index (χ0) is 8.27. The van der Waals surface area contributed by atoms with Crippen molar-refractivity contribution in [2.45, 2.75) is 0 Å². The van der Waals surface area contributed by atoms with Crippen LogP contribution in [0.15, 0.2) is 12.3 Å². The summed E-state index contributed by atoms with van der Waals surface area (Å²) >= 11 is 11.3. The van der Waals surface area contributed by atoms with Crippen LogP contribution >= 0.6 is 23.2 Å². The number of aryl methyl sites for hydroxylation is 1. The van der Waals surface area contributed by atoms with Gasteiger partial charge in [-0.2, -0.15) is 5.10 Å². The summed E-state index contributed by atoms with van der Waals surface area (Å²) in [5.74, 6) is 0.488. The lowest BCUT2D eigenvalue weighted by Crippen LogP contribution is -1.92. The second-order valence-electron chi connectivity index (χ2n) is 2.06. The predicted molar refractivity (Wildman–Crippen MR) is 48.0 cm³/mol. The van der Waals surface area contributed by atoms with Crippen molar-refractivity contribution >= 4 is 29.3 Å². The third kappa shape index (κ3) is 1.98. The van der Waals surface area contributed by atoms with Gasteiger partial charge < -0.3 is 0 Å². The maximum atomic E-state index is 5.80. The molecule has 1 rings (SSSR count). The predicted octanol–water partition coefficient (Wildman–Crippen LogP) is 2.33. The first-order valence-electron chi connectivity index (χ1n) is 3.15. The number of hydrogen-bond donors (Lipinski definition) is 0. The van der Waals surface area contributed by atoms with Gasteiger partial charge in [0, 0.05) is 12.9 Å². The van der Waals surface area contributed by atoms with Gasteiger partial charge in [0.1, 0.15) is 0 Å². The molecule has 0 spiro atoms. The molecule has 0 saturated carbocycles. The standard InChI is InChI=1S/C7H8Cl2N2/c1-11-7(3-2-4-8)6(9)5-10-11/h2-3,5H,4H2,1H3/b3-2+. The van der Waals surface area contributed by atoms with Gasteiger partial charge in [-0.3, -0.25) is 4.68 Å². The minimum absolute atomic E-state index is 0.488. The van der Waals surface area contributed by atoms with Gasteiger partial charge in [0.25, 0.3) is 0 Å². The van der Waals surface area contributed by atoms with Gasteiger partial charge in [0.2, 0.25) is 0 Å². The van der Waals surface area contributed by atoms with Gasteiger partial charge in [-0.15, -0.1) is 11.6 Å². The highest BCUT2D eigenvalue weighted by atomic mass is 35.5. The van der Waals surface area contributed by atoms with Crippen molar-refractivity contribution in [1.82, 2.24) is 9.78 Å². The van der Waals surface area contributed by atoms with E-state index in [9.17, 15) is 0 Å². The molecule has 0 amide bonds. The van der Waals surface area contributed by atoms with E-state index in [1.807, 2.05) is 19.2 Å². The van der Waals surface area contributed by atoms with E-state index in [1.54, 1.807) is 10.9 Å². The number of rotatable bonds is 2. The van der Waals surface area contributed by atoms with E-state index in [-0.39, 0.29) is 0 Å². The van der Waals surface area contributed by atoms with Crippen LogP contribution < -0.4 is 0 Å². The van der Waals surface area contributed by atoms with E-state index in [2.05, 4.69) is 5.10 Å². The molecule has 0 fully saturated rings. The highest BCUT2D eigenvalue weighted by Crippen LogP contribution is 2.15. The normalized spacial score (nSPS) is 11.2. The summed E-state index contributed by atoms with van der Waals surface area (Å²) in [6, 6.07) is 0. The van der Waals surface area contributed by atoms with E-state index >= 15 is 0 Å². The van der Waals surface area contributed by atoms with Crippen LogP contribution in [0.25, 0.3) is 6.08 Å². The third-order valence-electron chi connectivity index (χ3n) is 1.30. The average molecular weight is 191 g/mol. The molecule has 0 aliphatic carbocycles. The Morgan fingerprint density at radius 3 is 2.91 bits per heavy atom. The highest BCUT2D eigenvalue weighted by Gasteiger charge is 2.00. The van der Waals surface area contributed by atoms with Crippen molar-refractivity contribution in [3.05, 3.63) is 23.0 Å². The van der Waals surface area contributed by atoms with E-state index in [1.165, 1.54) is 0 Å². The Kier molecular flexibility index (Phi) is 2.97. The second-order valence-corrected chi connectivity index (χ2v) is 2.77. The van der Waals surface area contributed by atoms with Crippen LogP contribution in [-0.4, -0.2) is 15.7 Å². The van der Waals surface area contributed by atoms with E-state index in [4.69, 9.17) is 23.2 Å². The van der Waals surface area contributed by atoms with Crippen molar-refractivity contribution in [2.24, 2.45) is 7.05 Å². The Bertz CT molecular complexity index is 246. The fraction of sp³-hybridized carbons (Fsp3) is 0.286. The molecule has 4 heteroatoms. The van der Waals surface area contributed by atoms with Crippen LogP contribution in [0.3, 0.4) is 0 Å². The molecular formula is C7H8Cl2N2. The van der Waals surface area contributed by atoms with Crippen LogP contribution in [0.2, 0.25) is 5.02 Å². The molecule has 60 valence electrons. The summed E-state index contributed by atoms with van der Waals surface area (Å²) in [5.41, 5.74) is 0.882. The molecule has 0 atom stereocenters. The molecule has 11 heavy (non-hydrogen) atoms. The van der Waals surface area contributed by atoms with Crippen molar-refractivity contribution in [3.63, 3.8) is 0 Å². The van der Waals surface area contributed by atoms with E-state index in [0.29, 0.717) is 10.9 Å². The lowest BCUT2D eigenvalue weighted by atomic mass is 10.4. The van der Waals surface area contributed by atoms with Crippen LogP contribution in [0.5, 0.6) is 0 Å². The van der Waals surface area contributed by atoms with Gasteiger partial charge in [-0.05, 0) is 6.08 Å². The van der Waals surface area contributed by atoms with Gasteiger partial charge in [0.15, 0.2) is 0 Å². The number of hydrogen-bond acceptors (Lipinski definition) is 1. The minimum atomic E-state index is 0.488. The number of aromatic nitrogens is 2. The smallest absolute Gasteiger partial charge is 0.0859 e. The Labute approximate surface area is 75.4 Å². The van der Waals surface area contributed by atoms with E-state index in [0.717, 1.165) is 5.69 Å². The van der Waals surface area contributed by atoms with Crippen LogP contribution in [0.4, 0.5) is 0 Å². The number of alkyl halides is 1. The number of halogens is 2. The first-order valence-corrected chi connectivity index (χ1v) is 4.07. The first-order chi connectivity index (χ1) is 5.25. The molecule has 0 aliphatic rings. The quantitative estimate of drug-likeness (QED) is 0.656. The molecule has 0 aliphatic heterocycles. The Morgan fingerprint density at radius 1 is 1.73 bits per heavy atom. The first kappa shape index (κ1) is 8.62. The summed E-state index contributed by atoms with van der Waals surface area (Å²) in [4.78, 5) is 0. The molecule has 0 aromatic carbocycles. The maximum Gasteiger partial charge on any atom is 0.0859 e. The molecule has 1 aromatic rings. The van der Waals surface area contributed by atoms with Crippen LogP contribution in [0.1, 0.15) is 5.69 Å². The summed E-state index contributed by atoms with van der Waals surface area (Å²) in [6.07, 6.45) is 5.28. The molecule has 0 bridgehead atoms. The topological polar surface area (TPSA) is 17.8 Å². The van der Waals surface area contributed by atoms with E-state index < -0.39 is 0 Å². The number of allylic oxidation sites excluding steroid dienone is 1. The zero-order valence-corrected chi connectivity index (χ0v) is 7.60. The lowest BCUT2D eigenvalue weighted by Gasteiger charge is -1.93. The molecule has 2 nitrogen and oxygen atoms in total. The zero-order valence-electron chi connectivity index (χ0n) is 6.09. The molecule has 1 aromatic heterocycles. The molecule has 0 unspecified atom stereocenters. The lowest BCUT2D eigenvalue weighted by molar-refractivity contribution is 0.759. The SMILES string of the molecule is Cn1ncc(Cl)c1/C=C/CCl. The largest absolute Gasteiger partial charge is 0.267 e. The Morgan fingerprint density at radius 2 is 2.45 bits per heavy atom. The van der Waals surface area contributed by atoms with Crippen molar-refractivity contribution in [2.75, 3.05) is 5.88 Å². The Hall–Kier alpha value is -0.470.